The fourth-order valence-electron chi connectivity index (χ4n) is 5.47. The van der Waals surface area contributed by atoms with Crippen LogP contribution in [0.3, 0.4) is 0 Å². The van der Waals surface area contributed by atoms with E-state index in [2.05, 4.69) is 48.3 Å². The van der Waals surface area contributed by atoms with E-state index in [-0.39, 0.29) is 42.7 Å². The predicted octanol–water partition coefficient (Wildman–Crippen LogP) is 3.13. The van der Waals surface area contributed by atoms with Crippen molar-refractivity contribution in [3.05, 3.63) is 35.4 Å². The Hall–Kier alpha value is -0.850. The highest BCUT2D eigenvalue weighted by molar-refractivity contribution is 5.85. The highest BCUT2D eigenvalue weighted by Gasteiger charge is 2.48. The van der Waals surface area contributed by atoms with Gasteiger partial charge in [-0.15, -0.1) is 24.8 Å². The lowest BCUT2D eigenvalue weighted by Crippen LogP contribution is -2.45. The van der Waals surface area contributed by atoms with Gasteiger partial charge in [0.15, 0.2) is 0 Å². The maximum absolute atomic E-state index is 12.6. The number of hydrogen-bond acceptors (Lipinski definition) is 4. The second-order valence-electron chi connectivity index (χ2n) is 8.92. The summed E-state index contributed by atoms with van der Waals surface area (Å²) in [6.07, 6.45) is 4.11. The molecule has 1 aliphatic heterocycles. The minimum absolute atomic E-state index is 0. The number of carbonyl (C=O) groups is 1. The van der Waals surface area contributed by atoms with E-state index in [0.717, 1.165) is 31.6 Å². The highest BCUT2D eigenvalue weighted by Crippen LogP contribution is 2.47. The number of rotatable bonds is 5. The Balaban J connectivity index is 0.00000150. The molecule has 3 N–H and O–H groups in total. The number of halogens is 2. The standard InChI is InChI=1S/C22H33N3O2.2ClH/c1-14-11-25(12-15(2)27-14)13-17-5-3-16(4-6-17)10-24-22(26)20-18-7-8-19(9-18)21(20)23;;/h3-6,14-15,18-21H,7-13,23H2,1-2H3,(H,24,26);2*1H. The van der Waals surface area contributed by atoms with Gasteiger partial charge in [0.25, 0.3) is 0 Å². The number of nitrogens with zero attached hydrogens (tertiary/aromatic N) is 1. The average Bonchev–Trinajstić information content (AvgIpc) is 3.21. The van der Waals surface area contributed by atoms with Crippen LogP contribution < -0.4 is 11.1 Å². The number of nitrogens with one attached hydrogen (secondary N) is 1. The summed E-state index contributed by atoms with van der Waals surface area (Å²) in [7, 11) is 0. The number of carbonyl (C=O) groups excluding carboxylic acids is 1. The van der Waals surface area contributed by atoms with Crippen molar-refractivity contribution in [3.8, 4) is 0 Å². The van der Waals surface area contributed by atoms with Crippen LogP contribution in [-0.2, 0) is 22.6 Å². The first-order valence-corrected chi connectivity index (χ1v) is 10.5. The van der Waals surface area contributed by atoms with Gasteiger partial charge >= 0.3 is 0 Å². The molecule has 1 aromatic carbocycles. The van der Waals surface area contributed by atoms with E-state index < -0.39 is 0 Å². The van der Waals surface area contributed by atoms with Crippen LogP contribution in [-0.4, -0.2) is 42.1 Å². The first-order chi connectivity index (χ1) is 13.0. The van der Waals surface area contributed by atoms with Crippen LogP contribution in [0.1, 0.15) is 44.2 Å². The number of hydrogen-bond donors (Lipinski definition) is 2. The zero-order chi connectivity index (χ0) is 19.0. The summed E-state index contributed by atoms with van der Waals surface area (Å²) in [5, 5.41) is 3.12. The van der Waals surface area contributed by atoms with Crippen molar-refractivity contribution in [2.45, 2.75) is 64.4 Å². The number of ether oxygens (including phenoxy) is 1. The fraction of sp³-hybridized carbons (Fsp3) is 0.682. The van der Waals surface area contributed by atoms with E-state index in [9.17, 15) is 4.79 Å². The molecule has 1 aromatic rings. The van der Waals surface area contributed by atoms with Crippen molar-refractivity contribution in [1.29, 1.82) is 0 Å². The molecule has 0 spiro atoms. The molecule has 3 aliphatic rings. The lowest BCUT2D eigenvalue weighted by Gasteiger charge is -2.35. The molecule has 3 fully saturated rings. The third kappa shape index (κ3) is 5.65. The summed E-state index contributed by atoms with van der Waals surface area (Å²) in [6, 6.07) is 8.67. The molecular formula is C22H35Cl2N3O2. The Morgan fingerprint density at radius 3 is 2.24 bits per heavy atom. The van der Waals surface area contributed by atoms with Crippen molar-refractivity contribution in [2.75, 3.05) is 13.1 Å². The van der Waals surface area contributed by atoms with Gasteiger partial charge in [0.05, 0.1) is 18.1 Å². The van der Waals surface area contributed by atoms with Crippen LogP contribution in [0.4, 0.5) is 0 Å². The Morgan fingerprint density at radius 2 is 1.66 bits per heavy atom. The predicted molar refractivity (Wildman–Crippen MR) is 120 cm³/mol. The minimum atomic E-state index is 0. The minimum Gasteiger partial charge on any atom is -0.373 e. The number of morpholine rings is 1. The molecule has 1 saturated heterocycles. The lowest BCUT2D eigenvalue weighted by molar-refractivity contribution is -0.127. The number of nitrogens with two attached hydrogens (primary N) is 1. The van der Waals surface area contributed by atoms with Crippen LogP contribution >= 0.6 is 24.8 Å². The molecule has 6 atom stereocenters. The monoisotopic (exact) mass is 443 g/mol. The molecule has 0 radical (unpaired) electrons. The largest absolute Gasteiger partial charge is 0.373 e. The van der Waals surface area contributed by atoms with Gasteiger partial charge in [0.2, 0.25) is 5.91 Å². The Kier molecular flexibility index (Phi) is 8.80. The fourth-order valence-corrected chi connectivity index (χ4v) is 5.47. The van der Waals surface area contributed by atoms with Gasteiger partial charge in [-0.1, -0.05) is 24.3 Å². The number of fused-ring (bicyclic) bond motifs is 2. The first kappa shape index (κ1) is 24.4. The first-order valence-electron chi connectivity index (χ1n) is 10.5. The molecule has 6 unspecified atom stereocenters. The van der Waals surface area contributed by atoms with Crippen LogP contribution in [0.25, 0.3) is 0 Å². The summed E-state index contributed by atoms with van der Waals surface area (Å²) < 4.78 is 5.80. The molecule has 4 rings (SSSR count). The maximum Gasteiger partial charge on any atom is 0.225 e. The summed E-state index contributed by atoms with van der Waals surface area (Å²) in [5.74, 6) is 1.24. The van der Waals surface area contributed by atoms with Crippen LogP contribution in [0.2, 0.25) is 0 Å². The smallest absolute Gasteiger partial charge is 0.225 e. The van der Waals surface area contributed by atoms with Gasteiger partial charge in [-0.3, -0.25) is 9.69 Å². The molecule has 2 saturated carbocycles. The van der Waals surface area contributed by atoms with Crippen molar-refractivity contribution >= 4 is 30.7 Å². The highest BCUT2D eigenvalue weighted by atomic mass is 35.5. The van der Waals surface area contributed by atoms with E-state index in [0.29, 0.717) is 30.6 Å². The average molecular weight is 444 g/mol. The summed E-state index contributed by atoms with van der Waals surface area (Å²) in [5.41, 5.74) is 8.74. The molecule has 0 aromatic heterocycles. The maximum atomic E-state index is 12.6. The Labute approximate surface area is 186 Å². The second kappa shape index (κ2) is 10.5. The van der Waals surface area contributed by atoms with Gasteiger partial charge in [-0.05, 0) is 56.1 Å². The molecule has 2 aliphatic carbocycles. The normalized spacial score (nSPS) is 33.6. The SMILES string of the molecule is CC1CN(Cc2ccc(CNC(=O)C3C4CCC(C4)C3N)cc2)CC(C)O1.Cl.Cl. The summed E-state index contributed by atoms with van der Waals surface area (Å²) in [6.45, 7) is 7.76. The molecule has 2 bridgehead atoms. The summed E-state index contributed by atoms with van der Waals surface area (Å²) in [4.78, 5) is 15.1. The Bertz CT molecular complexity index is 661. The molecule has 1 amide bonds. The zero-order valence-corrected chi connectivity index (χ0v) is 19.0. The van der Waals surface area contributed by atoms with Crippen molar-refractivity contribution in [3.63, 3.8) is 0 Å². The topological polar surface area (TPSA) is 67.6 Å². The van der Waals surface area contributed by atoms with Crippen molar-refractivity contribution < 1.29 is 9.53 Å². The third-order valence-electron chi connectivity index (χ3n) is 6.67. The molecular weight excluding hydrogens is 409 g/mol. The van der Waals surface area contributed by atoms with E-state index >= 15 is 0 Å². The van der Waals surface area contributed by atoms with Crippen LogP contribution in [0, 0.1) is 17.8 Å². The third-order valence-corrected chi connectivity index (χ3v) is 6.67. The molecule has 164 valence electrons. The molecule has 29 heavy (non-hydrogen) atoms. The van der Waals surface area contributed by atoms with Gasteiger partial charge in [-0.2, -0.15) is 0 Å². The van der Waals surface area contributed by atoms with Gasteiger partial charge in [0, 0.05) is 32.2 Å². The van der Waals surface area contributed by atoms with Crippen LogP contribution in [0.5, 0.6) is 0 Å². The molecule has 7 heteroatoms. The summed E-state index contributed by atoms with van der Waals surface area (Å²) >= 11 is 0. The van der Waals surface area contributed by atoms with E-state index in [1.54, 1.807) is 0 Å². The van der Waals surface area contributed by atoms with Crippen molar-refractivity contribution in [1.82, 2.24) is 10.2 Å². The number of amides is 1. The van der Waals surface area contributed by atoms with E-state index in [1.807, 2.05) is 0 Å². The molecule has 1 heterocycles. The van der Waals surface area contributed by atoms with E-state index in [4.69, 9.17) is 10.5 Å². The van der Waals surface area contributed by atoms with E-state index in [1.165, 1.54) is 18.4 Å². The Morgan fingerprint density at radius 1 is 1.07 bits per heavy atom. The van der Waals surface area contributed by atoms with Crippen molar-refractivity contribution in [2.24, 2.45) is 23.5 Å². The lowest BCUT2D eigenvalue weighted by atomic mass is 9.84. The van der Waals surface area contributed by atoms with Crippen LogP contribution in [0.15, 0.2) is 24.3 Å². The molecule has 5 nitrogen and oxygen atoms in total. The number of benzene rings is 1. The van der Waals surface area contributed by atoms with Gasteiger partial charge in [0.1, 0.15) is 0 Å². The van der Waals surface area contributed by atoms with Gasteiger partial charge < -0.3 is 15.8 Å². The zero-order valence-electron chi connectivity index (χ0n) is 17.4. The van der Waals surface area contributed by atoms with Gasteiger partial charge in [-0.25, -0.2) is 0 Å². The quantitative estimate of drug-likeness (QED) is 0.733. The second-order valence-corrected chi connectivity index (χ2v) is 8.92.